The number of para-hydroxylation sites is 2. The monoisotopic (exact) mass is 344 g/mol. The average Bonchev–Trinajstić information content (AvgIpc) is 3.05. The summed E-state index contributed by atoms with van der Waals surface area (Å²) in [7, 11) is 0. The molecule has 1 heterocycles. The van der Waals surface area contributed by atoms with Gasteiger partial charge in [0.05, 0.1) is 11.2 Å². The van der Waals surface area contributed by atoms with Crippen molar-refractivity contribution in [3.8, 4) is 5.69 Å². The number of nitrogens with zero attached hydrogens (tertiary/aromatic N) is 3. The molecule has 0 amide bonds. The van der Waals surface area contributed by atoms with Gasteiger partial charge in [-0.3, -0.25) is 0 Å². The maximum absolute atomic E-state index is 6.53. The van der Waals surface area contributed by atoms with Gasteiger partial charge in [0.15, 0.2) is 0 Å². The van der Waals surface area contributed by atoms with E-state index >= 15 is 0 Å². The third-order valence-corrected chi connectivity index (χ3v) is 5.27. The van der Waals surface area contributed by atoms with E-state index in [0.29, 0.717) is 0 Å². The van der Waals surface area contributed by atoms with Crippen molar-refractivity contribution < 1.29 is 0 Å². The highest BCUT2D eigenvalue weighted by Gasteiger charge is 2.29. The first-order chi connectivity index (χ1) is 12.6. The van der Waals surface area contributed by atoms with Crippen LogP contribution < -0.4 is 5.73 Å². The van der Waals surface area contributed by atoms with Crippen molar-refractivity contribution >= 4 is 11.0 Å². The molecule has 4 heteroatoms. The van der Waals surface area contributed by atoms with Crippen molar-refractivity contribution in [2.45, 2.75) is 38.1 Å². The molecule has 0 bridgehead atoms. The van der Waals surface area contributed by atoms with Crippen LogP contribution in [0.15, 0.2) is 72.3 Å². The highest BCUT2D eigenvalue weighted by Crippen LogP contribution is 2.34. The minimum atomic E-state index is -0.287. The smallest absolute Gasteiger partial charge is 0.113 e. The van der Waals surface area contributed by atoms with Crippen molar-refractivity contribution in [2.75, 3.05) is 0 Å². The Morgan fingerprint density at radius 1 is 1.19 bits per heavy atom. The summed E-state index contributed by atoms with van der Waals surface area (Å²) in [6.07, 6.45) is 6.21. The second-order valence-electron chi connectivity index (χ2n) is 7.32. The Labute approximate surface area is 154 Å². The SMILES string of the molecule is C=C1CCCC(C)(N)/C1=C/Cc1ccccc1-n1nnc2ccccc21. The molecule has 0 radical (unpaired) electrons. The van der Waals surface area contributed by atoms with Crippen molar-refractivity contribution in [2.24, 2.45) is 5.73 Å². The van der Waals surface area contributed by atoms with Crippen LogP contribution in [0.4, 0.5) is 0 Å². The molecule has 3 aromatic rings. The fourth-order valence-electron chi connectivity index (χ4n) is 3.87. The first-order valence-electron chi connectivity index (χ1n) is 9.13. The maximum atomic E-state index is 6.53. The van der Waals surface area contributed by atoms with E-state index in [0.717, 1.165) is 42.4 Å². The molecule has 0 saturated heterocycles. The van der Waals surface area contributed by atoms with Gasteiger partial charge in [-0.05, 0) is 61.9 Å². The normalized spacial score (nSPS) is 22.2. The standard InChI is InChI=1S/C22H24N4/c1-16-8-7-15-22(2,23)18(16)14-13-17-9-3-5-11-20(17)26-21-12-6-4-10-19(21)24-25-26/h3-6,9-12,14H,1,7-8,13,15,23H2,2H3/b18-14+. The van der Waals surface area contributed by atoms with Gasteiger partial charge in [0.1, 0.15) is 5.52 Å². The summed E-state index contributed by atoms with van der Waals surface area (Å²) in [6, 6.07) is 16.4. The van der Waals surface area contributed by atoms with Gasteiger partial charge >= 0.3 is 0 Å². The van der Waals surface area contributed by atoms with Gasteiger partial charge in [-0.2, -0.15) is 0 Å². The lowest BCUT2D eigenvalue weighted by Crippen LogP contribution is -2.41. The van der Waals surface area contributed by atoms with Gasteiger partial charge in [0, 0.05) is 5.54 Å². The Balaban J connectivity index is 1.73. The molecule has 0 spiro atoms. The van der Waals surface area contributed by atoms with Crippen LogP contribution in [0, 0.1) is 0 Å². The maximum Gasteiger partial charge on any atom is 0.113 e. The predicted octanol–water partition coefficient (Wildman–Crippen LogP) is 4.35. The summed E-state index contributed by atoms with van der Waals surface area (Å²) in [5, 5.41) is 8.65. The summed E-state index contributed by atoms with van der Waals surface area (Å²) in [6.45, 7) is 6.35. The van der Waals surface area contributed by atoms with Gasteiger partial charge in [-0.1, -0.05) is 53.8 Å². The Morgan fingerprint density at radius 2 is 1.96 bits per heavy atom. The Morgan fingerprint density at radius 3 is 2.81 bits per heavy atom. The van der Waals surface area contributed by atoms with E-state index < -0.39 is 0 Å². The molecule has 1 atom stereocenters. The van der Waals surface area contributed by atoms with Crippen LogP contribution in [-0.4, -0.2) is 20.5 Å². The van der Waals surface area contributed by atoms with Crippen LogP contribution in [0.1, 0.15) is 31.7 Å². The Hall–Kier alpha value is -2.72. The van der Waals surface area contributed by atoms with E-state index in [1.165, 1.54) is 16.7 Å². The van der Waals surface area contributed by atoms with E-state index in [1.54, 1.807) is 0 Å². The lowest BCUT2D eigenvalue weighted by molar-refractivity contribution is 0.454. The summed E-state index contributed by atoms with van der Waals surface area (Å²) in [5.41, 5.74) is 12.8. The third-order valence-electron chi connectivity index (χ3n) is 5.27. The van der Waals surface area contributed by atoms with Crippen LogP contribution in [0.2, 0.25) is 0 Å². The van der Waals surface area contributed by atoms with Crippen molar-refractivity contribution in [1.29, 1.82) is 0 Å². The molecule has 1 aromatic heterocycles. The number of hydrogen-bond donors (Lipinski definition) is 1. The largest absolute Gasteiger partial charge is 0.322 e. The molecular formula is C22H24N4. The fraction of sp³-hybridized carbons (Fsp3) is 0.273. The number of hydrogen-bond acceptors (Lipinski definition) is 3. The average molecular weight is 344 g/mol. The number of aromatic nitrogens is 3. The molecule has 2 N–H and O–H groups in total. The Bertz CT molecular complexity index is 994. The number of rotatable bonds is 3. The summed E-state index contributed by atoms with van der Waals surface area (Å²) < 4.78 is 1.92. The van der Waals surface area contributed by atoms with Gasteiger partial charge in [-0.15, -0.1) is 5.10 Å². The number of benzene rings is 2. The van der Waals surface area contributed by atoms with E-state index in [9.17, 15) is 0 Å². The van der Waals surface area contributed by atoms with Gasteiger partial charge in [-0.25, -0.2) is 4.68 Å². The summed E-state index contributed by atoms with van der Waals surface area (Å²) >= 11 is 0. The lowest BCUT2D eigenvalue weighted by Gasteiger charge is -2.34. The van der Waals surface area contributed by atoms with E-state index in [-0.39, 0.29) is 5.54 Å². The van der Waals surface area contributed by atoms with E-state index in [4.69, 9.17) is 5.73 Å². The molecule has 1 fully saturated rings. The zero-order valence-corrected chi connectivity index (χ0v) is 15.2. The van der Waals surface area contributed by atoms with E-state index in [1.807, 2.05) is 35.0 Å². The molecule has 4 rings (SSSR count). The topological polar surface area (TPSA) is 56.7 Å². The number of nitrogens with two attached hydrogens (primary N) is 1. The second-order valence-corrected chi connectivity index (χ2v) is 7.32. The Kier molecular flexibility index (Phi) is 4.21. The molecular weight excluding hydrogens is 320 g/mol. The van der Waals surface area contributed by atoms with Gasteiger partial charge in [0.25, 0.3) is 0 Å². The van der Waals surface area contributed by atoms with Gasteiger partial charge < -0.3 is 5.73 Å². The molecule has 0 aliphatic heterocycles. The molecule has 1 saturated carbocycles. The van der Waals surface area contributed by atoms with Crippen LogP contribution in [0.5, 0.6) is 0 Å². The zero-order valence-electron chi connectivity index (χ0n) is 15.2. The predicted molar refractivity (Wildman–Crippen MR) is 106 cm³/mol. The highest BCUT2D eigenvalue weighted by molar-refractivity contribution is 5.76. The lowest BCUT2D eigenvalue weighted by atomic mass is 9.76. The molecule has 26 heavy (non-hydrogen) atoms. The van der Waals surface area contributed by atoms with Crippen molar-refractivity contribution in [1.82, 2.24) is 15.0 Å². The first kappa shape index (κ1) is 16.7. The third kappa shape index (κ3) is 2.97. The zero-order chi connectivity index (χ0) is 18.1. The fourth-order valence-corrected chi connectivity index (χ4v) is 3.87. The van der Waals surface area contributed by atoms with Crippen LogP contribution in [-0.2, 0) is 6.42 Å². The van der Waals surface area contributed by atoms with E-state index in [2.05, 4.69) is 48.1 Å². The molecule has 1 aliphatic carbocycles. The van der Waals surface area contributed by atoms with Gasteiger partial charge in [0.2, 0.25) is 0 Å². The second kappa shape index (κ2) is 6.54. The summed E-state index contributed by atoms with van der Waals surface area (Å²) in [5.74, 6) is 0. The minimum absolute atomic E-state index is 0.287. The quantitative estimate of drug-likeness (QED) is 0.768. The molecule has 1 unspecified atom stereocenters. The minimum Gasteiger partial charge on any atom is -0.322 e. The molecule has 4 nitrogen and oxygen atoms in total. The van der Waals surface area contributed by atoms with Crippen molar-refractivity contribution in [3.63, 3.8) is 0 Å². The number of fused-ring (bicyclic) bond motifs is 1. The molecule has 132 valence electrons. The first-order valence-corrected chi connectivity index (χ1v) is 9.13. The molecule has 2 aromatic carbocycles. The highest BCUT2D eigenvalue weighted by atomic mass is 15.4. The van der Waals surface area contributed by atoms with Crippen LogP contribution in [0.3, 0.4) is 0 Å². The van der Waals surface area contributed by atoms with Crippen molar-refractivity contribution in [3.05, 3.63) is 77.9 Å². The van der Waals surface area contributed by atoms with Crippen LogP contribution >= 0.6 is 0 Å². The number of allylic oxidation sites excluding steroid dienone is 1. The molecule has 1 aliphatic rings. The van der Waals surface area contributed by atoms with Crippen LogP contribution in [0.25, 0.3) is 16.7 Å². The summed E-state index contributed by atoms with van der Waals surface area (Å²) in [4.78, 5) is 0.